The molecule has 1 amide bonds. The van der Waals surface area contributed by atoms with Crippen LogP contribution in [0.25, 0.3) is 0 Å². The Morgan fingerprint density at radius 2 is 1.72 bits per heavy atom. The lowest BCUT2D eigenvalue weighted by molar-refractivity contribution is -0.139. The predicted octanol–water partition coefficient (Wildman–Crippen LogP) is 3.31. The van der Waals surface area contributed by atoms with Crippen LogP contribution < -0.4 is 5.32 Å². The fraction of sp³-hybridized carbons (Fsp3) is 0.273. The molecule has 0 radical (unpaired) electrons. The van der Waals surface area contributed by atoms with Crippen molar-refractivity contribution >= 4 is 52.4 Å². The Morgan fingerprint density at radius 1 is 1.11 bits per heavy atom. The first-order chi connectivity index (χ1) is 8.40. The summed E-state index contributed by atoms with van der Waals surface area (Å²) in [7, 11) is 0. The number of halogens is 3. The Kier molecular flexibility index (Phi) is 3.71. The van der Waals surface area contributed by atoms with E-state index < -0.39 is 17.8 Å². The van der Waals surface area contributed by atoms with Gasteiger partial charge in [-0.2, -0.15) is 0 Å². The highest BCUT2D eigenvalue weighted by atomic mass is 35.5. The number of carboxylic acids is 1. The van der Waals surface area contributed by atoms with Crippen LogP contribution in [0.4, 0.5) is 5.69 Å². The Balaban J connectivity index is 2.09. The molecule has 1 aliphatic carbocycles. The van der Waals surface area contributed by atoms with E-state index in [9.17, 15) is 9.59 Å². The first-order valence-corrected chi connectivity index (χ1v) is 6.21. The molecule has 2 N–H and O–H groups in total. The van der Waals surface area contributed by atoms with Crippen LogP contribution in [0.15, 0.2) is 12.1 Å². The van der Waals surface area contributed by atoms with E-state index in [-0.39, 0.29) is 21.0 Å². The topological polar surface area (TPSA) is 66.4 Å². The van der Waals surface area contributed by atoms with Gasteiger partial charge in [0.1, 0.15) is 0 Å². The standard InChI is InChI=1S/C11H8Cl3NO3/c12-6-2-8(14)9(3-7(6)13)15-10(16)4-1-5(4)11(17)18/h2-5H,1H2,(H,15,16)(H,17,18)/t4-,5+/m1/s1. The summed E-state index contributed by atoms with van der Waals surface area (Å²) in [6.07, 6.45) is 0.347. The van der Waals surface area contributed by atoms with Gasteiger partial charge in [0.15, 0.2) is 0 Å². The lowest BCUT2D eigenvalue weighted by Gasteiger charge is -2.08. The highest BCUT2D eigenvalue weighted by Crippen LogP contribution is 2.40. The summed E-state index contributed by atoms with van der Waals surface area (Å²) in [4.78, 5) is 22.4. The van der Waals surface area contributed by atoms with Crippen LogP contribution in [0.5, 0.6) is 0 Å². The molecule has 1 aromatic rings. The summed E-state index contributed by atoms with van der Waals surface area (Å²) >= 11 is 17.5. The molecule has 1 aromatic carbocycles. The first-order valence-electron chi connectivity index (χ1n) is 5.08. The third-order valence-electron chi connectivity index (χ3n) is 2.71. The van der Waals surface area contributed by atoms with Gasteiger partial charge in [0.05, 0.1) is 32.6 Å². The second kappa shape index (κ2) is 4.96. The largest absolute Gasteiger partial charge is 0.481 e. The molecule has 4 nitrogen and oxygen atoms in total. The van der Waals surface area contributed by atoms with Crippen molar-refractivity contribution in [2.75, 3.05) is 5.32 Å². The van der Waals surface area contributed by atoms with E-state index in [4.69, 9.17) is 39.9 Å². The van der Waals surface area contributed by atoms with E-state index >= 15 is 0 Å². The second-order valence-corrected chi connectivity index (χ2v) is 5.24. The minimum Gasteiger partial charge on any atom is -0.481 e. The number of nitrogens with one attached hydrogen (secondary N) is 1. The molecule has 2 rings (SSSR count). The van der Waals surface area contributed by atoms with E-state index in [1.807, 2.05) is 0 Å². The maximum absolute atomic E-state index is 11.7. The van der Waals surface area contributed by atoms with E-state index in [0.29, 0.717) is 12.1 Å². The number of aliphatic carboxylic acids is 1. The van der Waals surface area contributed by atoms with Gasteiger partial charge in [0, 0.05) is 0 Å². The maximum Gasteiger partial charge on any atom is 0.307 e. The van der Waals surface area contributed by atoms with Gasteiger partial charge in [-0.3, -0.25) is 9.59 Å². The molecule has 18 heavy (non-hydrogen) atoms. The highest BCUT2D eigenvalue weighted by Gasteiger charge is 2.48. The highest BCUT2D eigenvalue weighted by molar-refractivity contribution is 6.44. The van der Waals surface area contributed by atoms with Gasteiger partial charge < -0.3 is 10.4 Å². The minimum atomic E-state index is -0.963. The van der Waals surface area contributed by atoms with Crippen LogP contribution in [0.2, 0.25) is 15.1 Å². The summed E-state index contributed by atoms with van der Waals surface area (Å²) in [6.45, 7) is 0. The van der Waals surface area contributed by atoms with Crippen LogP contribution in [-0.2, 0) is 9.59 Å². The summed E-state index contributed by atoms with van der Waals surface area (Å²) in [6, 6.07) is 2.85. The zero-order chi connectivity index (χ0) is 13.4. The van der Waals surface area contributed by atoms with Crippen molar-refractivity contribution in [2.45, 2.75) is 6.42 Å². The third kappa shape index (κ3) is 2.71. The summed E-state index contributed by atoms with van der Waals surface area (Å²) in [5.41, 5.74) is 0.326. The number of amides is 1. The summed E-state index contributed by atoms with van der Waals surface area (Å²) < 4.78 is 0. The molecule has 0 aliphatic heterocycles. The van der Waals surface area contributed by atoms with Crippen LogP contribution in [0.1, 0.15) is 6.42 Å². The summed E-state index contributed by atoms with van der Waals surface area (Å²) in [5, 5.41) is 12.1. The number of carboxylic acid groups (broad SMARTS) is 1. The molecule has 0 unspecified atom stereocenters. The molecule has 96 valence electrons. The molecule has 1 fully saturated rings. The Labute approximate surface area is 118 Å². The van der Waals surface area contributed by atoms with Gasteiger partial charge >= 0.3 is 5.97 Å². The van der Waals surface area contributed by atoms with E-state index in [1.54, 1.807) is 0 Å². The second-order valence-electron chi connectivity index (χ2n) is 4.02. The number of hydrogen-bond acceptors (Lipinski definition) is 2. The number of carbonyl (C=O) groups excluding carboxylic acids is 1. The molecule has 0 heterocycles. The van der Waals surface area contributed by atoms with Gasteiger partial charge in [0.2, 0.25) is 5.91 Å². The molecule has 7 heteroatoms. The van der Waals surface area contributed by atoms with Gasteiger partial charge in [-0.1, -0.05) is 34.8 Å². The average molecular weight is 309 g/mol. The average Bonchev–Trinajstić information content (AvgIpc) is 3.05. The number of benzene rings is 1. The fourth-order valence-corrected chi connectivity index (χ4v) is 2.20. The van der Waals surface area contributed by atoms with Crippen molar-refractivity contribution in [2.24, 2.45) is 11.8 Å². The minimum absolute atomic E-state index is 0.255. The van der Waals surface area contributed by atoms with Gasteiger partial charge in [-0.05, 0) is 18.6 Å². The number of rotatable bonds is 3. The van der Waals surface area contributed by atoms with Crippen molar-refractivity contribution < 1.29 is 14.7 Å². The number of carbonyl (C=O) groups is 2. The lowest BCUT2D eigenvalue weighted by atomic mass is 10.2. The van der Waals surface area contributed by atoms with Crippen molar-refractivity contribution in [1.29, 1.82) is 0 Å². The van der Waals surface area contributed by atoms with Gasteiger partial charge in [0.25, 0.3) is 0 Å². The van der Waals surface area contributed by atoms with E-state index in [0.717, 1.165) is 0 Å². The van der Waals surface area contributed by atoms with Crippen molar-refractivity contribution in [3.05, 3.63) is 27.2 Å². The molecule has 0 saturated heterocycles. The molecule has 1 saturated carbocycles. The molecule has 0 aromatic heterocycles. The normalized spacial score (nSPS) is 21.5. The molecular weight excluding hydrogens is 300 g/mol. The van der Waals surface area contributed by atoms with E-state index in [2.05, 4.69) is 5.32 Å². The number of anilines is 1. The molecular formula is C11H8Cl3NO3. The SMILES string of the molecule is O=C(O)[C@H]1C[C@H]1C(=O)Nc1cc(Cl)c(Cl)cc1Cl. The van der Waals surface area contributed by atoms with Gasteiger partial charge in [-0.25, -0.2) is 0 Å². The lowest BCUT2D eigenvalue weighted by Crippen LogP contribution is -2.17. The zero-order valence-electron chi connectivity index (χ0n) is 8.91. The molecule has 2 atom stereocenters. The Bertz CT molecular complexity index is 533. The van der Waals surface area contributed by atoms with E-state index in [1.165, 1.54) is 12.1 Å². The smallest absolute Gasteiger partial charge is 0.307 e. The van der Waals surface area contributed by atoms with Crippen LogP contribution >= 0.6 is 34.8 Å². The maximum atomic E-state index is 11.7. The molecule has 0 bridgehead atoms. The Hall–Kier alpha value is -0.970. The van der Waals surface area contributed by atoms with Crippen LogP contribution in [0.3, 0.4) is 0 Å². The van der Waals surface area contributed by atoms with Crippen molar-refractivity contribution in [3.8, 4) is 0 Å². The van der Waals surface area contributed by atoms with Crippen LogP contribution in [0, 0.1) is 11.8 Å². The fourth-order valence-electron chi connectivity index (χ4n) is 1.60. The van der Waals surface area contributed by atoms with Crippen molar-refractivity contribution in [1.82, 2.24) is 0 Å². The zero-order valence-corrected chi connectivity index (χ0v) is 11.2. The predicted molar refractivity (Wildman–Crippen MR) is 69.3 cm³/mol. The first kappa shape index (κ1) is 13.5. The van der Waals surface area contributed by atoms with Gasteiger partial charge in [-0.15, -0.1) is 0 Å². The van der Waals surface area contributed by atoms with Crippen LogP contribution in [-0.4, -0.2) is 17.0 Å². The Morgan fingerprint density at radius 3 is 2.28 bits per heavy atom. The number of hydrogen-bond donors (Lipinski definition) is 2. The summed E-state index contributed by atoms with van der Waals surface area (Å²) in [5.74, 6) is -2.45. The quantitative estimate of drug-likeness (QED) is 0.842. The van der Waals surface area contributed by atoms with Crippen molar-refractivity contribution in [3.63, 3.8) is 0 Å². The molecule has 0 spiro atoms. The monoisotopic (exact) mass is 307 g/mol. The molecule has 1 aliphatic rings. The third-order valence-corrected chi connectivity index (χ3v) is 3.75.